The maximum Gasteiger partial charge on any atom is 0.284 e. The minimum absolute atomic E-state index is 0.0572. The Morgan fingerprint density at radius 1 is 1.15 bits per heavy atom. The molecule has 1 atom stereocenters. The topological polar surface area (TPSA) is 127 Å². The van der Waals surface area contributed by atoms with Gasteiger partial charge >= 0.3 is 0 Å². The van der Waals surface area contributed by atoms with Crippen LogP contribution in [0.25, 0.3) is 11.3 Å². The Morgan fingerprint density at radius 2 is 1.91 bits per heavy atom. The Balaban J connectivity index is 1.84. The minimum atomic E-state index is -1.54. The molecule has 9 nitrogen and oxygen atoms in total. The van der Waals surface area contributed by atoms with Gasteiger partial charge in [-0.2, -0.15) is 4.98 Å². The molecule has 0 saturated carbocycles. The van der Waals surface area contributed by atoms with E-state index in [0.29, 0.717) is 10.7 Å². The molecule has 0 aliphatic carbocycles. The molecule has 3 N–H and O–H groups in total. The first-order valence-electron chi connectivity index (χ1n) is 10.7. The number of hydrogen-bond donors (Lipinski definition) is 2. The summed E-state index contributed by atoms with van der Waals surface area (Å²) in [7, 11) is 0. The van der Waals surface area contributed by atoms with E-state index in [2.05, 4.69) is 20.6 Å². The van der Waals surface area contributed by atoms with Gasteiger partial charge in [0.05, 0.1) is 5.69 Å². The van der Waals surface area contributed by atoms with Crippen LogP contribution in [0.2, 0.25) is 5.02 Å². The lowest BCUT2D eigenvalue weighted by Gasteiger charge is -2.29. The lowest BCUT2D eigenvalue weighted by molar-refractivity contribution is -0.121. The van der Waals surface area contributed by atoms with Gasteiger partial charge in [0.15, 0.2) is 5.82 Å². The van der Waals surface area contributed by atoms with Crippen molar-refractivity contribution in [3.8, 4) is 11.3 Å². The minimum Gasteiger partial charge on any atom is -0.369 e. The van der Waals surface area contributed by atoms with Crippen molar-refractivity contribution in [1.82, 2.24) is 25.6 Å². The first-order chi connectivity index (χ1) is 15.8. The van der Waals surface area contributed by atoms with E-state index in [0.717, 1.165) is 37.9 Å². The predicted molar refractivity (Wildman–Crippen MR) is 122 cm³/mol. The van der Waals surface area contributed by atoms with Crippen molar-refractivity contribution in [2.75, 3.05) is 13.1 Å². The van der Waals surface area contributed by atoms with Crippen molar-refractivity contribution in [3.05, 3.63) is 64.4 Å². The van der Waals surface area contributed by atoms with E-state index >= 15 is 0 Å². The van der Waals surface area contributed by atoms with Gasteiger partial charge in [0, 0.05) is 36.2 Å². The van der Waals surface area contributed by atoms with Crippen LogP contribution < -0.4 is 11.2 Å². The summed E-state index contributed by atoms with van der Waals surface area (Å²) in [4.78, 5) is 35.0. The van der Waals surface area contributed by atoms with Gasteiger partial charge in [0.1, 0.15) is 11.1 Å². The van der Waals surface area contributed by atoms with Crippen LogP contribution in [-0.4, -0.2) is 45.0 Å². The second kappa shape index (κ2) is 9.29. The van der Waals surface area contributed by atoms with Crippen LogP contribution in [0.3, 0.4) is 0 Å². The summed E-state index contributed by atoms with van der Waals surface area (Å²) >= 11 is 6.15. The fourth-order valence-corrected chi connectivity index (χ4v) is 4.10. The Morgan fingerprint density at radius 3 is 2.55 bits per heavy atom. The van der Waals surface area contributed by atoms with Crippen LogP contribution in [0.1, 0.15) is 54.0 Å². The molecular formula is C23H25ClN6O3. The second-order valence-corrected chi connectivity index (χ2v) is 8.65. The third kappa shape index (κ3) is 4.60. The van der Waals surface area contributed by atoms with Gasteiger partial charge in [-0.05, 0) is 38.0 Å². The van der Waals surface area contributed by atoms with Gasteiger partial charge in [-0.15, -0.1) is 0 Å². The summed E-state index contributed by atoms with van der Waals surface area (Å²) in [5, 5.41) is 6.33. The molecule has 2 amide bonds. The number of nitrogens with two attached hydrogens (primary N) is 1. The number of hydrazine groups is 1. The molecule has 0 spiro atoms. The Bertz CT molecular complexity index is 1190. The smallest absolute Gasteiger partial charge is 0.284 e. The molecule has 3 heterocycles. The number of rotatable bonds is 6. The highest BCUT2D eigenvalue weighted by Crippen LogP contribution is 2.34. The molecule has 1 aliphatic rings. The Kier molecular flexibility index (Phi) is 6.44. The average molecular weight is 469 g/mol. The van der Waals surface area contributed by atoms with Crippen molar-refractivity contribution < 1.29 is 14.1 Å². The van der Waals surface area contributed by atoms with E-state index in [9.17, 15) is 9.59 Å². The van der Waals surface area contributed by atoms with Crippen molar-refractivity contribution >= 4 is 23.4 Å². The number of carbonyl (C=O) groups is 2. The highest BCUT2D eigenvalue weighted by molar-refractivity contribution is 6.30. The number of nitrogens with one attached hydrogen (secondary N) is 1. The summed E-state index contributed by atoms with van der Waals surface area (Å²) in [6.45, 7) is 4.66. The van der Waals surface area contributed by atoms with Crippen molar-refractivity contribution in [1.29, 1.82) is 0 Å². The number of hydrogen-bond acceptors (Lipinski definition) is 7. The second-order valence-electron chi connectivity index (χ2n) is 8.22. The number of benzene rings is 1. The van der Waals surface area contributed by atoms with Crippen LogP contribution >= 0.6 is 11.6 Å². The van der Waals surface area contributed by atoms with Crippen molar-refractivity contribution in [2.45, 2.75) is 38.5 Å². The molecule has 1 saturated heterocycles. The summed E-state index contributed by atoms with van der Waals surface area (Å²) in [5.74, 6) is -0.826. The van der Waals surface area contributed by atoms with Gasteiger partial charge in [0.2, 0.25) is 11.8 Å². The van der Waals surface area contributed by atoms with E-state index in [1.54, 1.807) is 44.2 Å². The zero-order valence-corrected chi connectivity index (χ0v) is 19.2. The Labute approximate surface area is 196 Å². The molecule has 172 valence electrons. The lowest BCUT2D eigenvalue weighted by atomic mass is 9.79. The van der Waals surface area contributed by atoms with E-state index in [-0.39, 0.29) is 23.0 Å². The van der Waals surface area contributed by atoms with Crippen LogP contribution in [-0.2, 0) is 10.2 Å². The molecule has 0 bridgehead atoms. The largest absolute Gasteiger partial charge is 0.369 e. The van der Waals surface area contributed by atoms with Gasteiger partial charge < -0.3 is 10.3 Å². The SMILES string of the molecule is Cc1nc(C(C)(C(N)=O)c2ccc(-c3cccc(Cl)c3)nc2C(=O)NN2CCCCC2)no1. The van der Waals surface area contributed by atoms with Crippen LogP contribution in [0.4, 0.5) is 0 Å². The summed E-state index contributed by atoms with van der Waals surface area (Å²) in [6.07, 6.45) is 3.10. The molecule has 33 heavy (non-hydrogen) atoms. The van der Waals surface area contributed by atoms with Crippen LogP contribution in [0.5, 0.6) is 0 Å². The standard InChI is InChI=1S/C23H25ClN6O3/c1-14-26-22(29-33-14)23(2,21(25)32)17-9-10-18(15-7-6-8-16(24)13-15)27-19(17)20(31)28-30-11-4-3-5-12-30/h6-10,13H,3-5,11-12H2,1-2H3,(H2,25,32)(H,28,31). The molecule has 0 radical (unpaired) electrons. The molecule has 2 aromatic heterocycles. The maximum atomic E-state index is 13.4. The summed E-state index contributed by atoms with van der Waals surface area (Å²) < 4.78 is 5.10. The number of aryl methyl sites for hydroxylation is 1. The van der Waals surface area contributed by atoms with E-state index in [4.69, 9.17) is 21.9 Å². The predicted octanol–water partition coefficient (Wildman–Crippen LogP) is 3.02. The normalized spacial score (nSPS) is 16.2. The molecule has 1 unspecified atom stereocenters. The fraction of sp³-hybridized carbons (Fsp3) is 0.348. The average Bonchev–Trinajstić information content (AvgIpc) is 3.25. The molecule has 10 heteroatoms. The first-order valence-corrected chi connectivity index (χ1v) is 11.1. The quantitative estimate of drug-likeness (QED) is 0.569. The Hall–Kier alpha value is -3.30. The third-order valence-corrected chi connectivity index (χ3v) is 6.09. The highest BCUT2D eigenvalue weighted by atomic mass is 35.5. The highest BCUT2D eigenvalue weighted by Gasteiger charge is 2.43. The number of carbonyl (C=O) groups excluding carboxylic acids is 2. The molecule has 1 fully saturated rings. The monoisotopic (exact) mass is 468 g/mol. The van der Waals surface area contributed by atoms with Gasteiger partial charge in [-0.1, -0.05) is 41.4 Å². The molecule has 4 rings (SSSR count). The van der Waals surface area contributed by atoms with Crippen molar-refractivity contribution in [2.24, 2.45) is 5.73 Å². The van der Waals surface area contributed by atoms with Crippen LogP contribution in [0, 0.1) is 6.92 Å². The number of piperidine rings is 1. The van der Waals surface area contributed by atoms with Crippen molar-refractivity contribution in [3.63, 3.8) is 0 Å². The van der Waals surface area contributed by atoms with E-state index < -0.39 is 17.2 Å². The molecule has 1 aliphatic heterocycles. The molecule has 1 aromatic carbocycles. The summed E-state index contributed by atoms with van der Waals surface area (Å²) in [5.41, 5.74) is 8.81. The van der Waals surface area contributed by atoms with Gasteiger partial charge in [-0.25, -0.2) is 9.99 Å². The number of primary amides is 1. The van der Waals surface area contributed by atoms with E-state index in [1.807, 2.05) is 11.1 Å². The van der Waals surface area contributed by atoms with E-state index in [1.165, 1.54) is 0 Å². The van der Waals surface area contributed by atoms with Gasteiger partial charge in [0.25, 0.3) is 5.91 Å². The number of amides is 2. The number of nitrogens with zero attached hydrogens (tertiary/aromatic N) is 4. The maximum absolute atomic E-state index is 13.4. The molecule has 3 aromatic rings. The number of pyridine rings is 1. The first kappa shape index (κ1) is 22.9. The van der Waals surface area contributed by atoms with Gasteiger partial charge in [-0.3, -0.25) is 15.0 Å². The third-order valence-electron chi connectivity index (χ3n) is 5.85. The van der Waals surface area contributed by atoms with Crippen LogP contribution in [0.15, 0.2) is 40.9 Å². The number of halogens is 1. The zero-order valence-electron chi connectivity index (χ0n) is 18.5. The molecular weight excluding hydrogens is 444 g/mol. The summed E-state index contributed by atoms with van der Waals surface area (Å²) in [6, 6.07) is 10.5. The zero-order chi connectivity index (χ0) is 23.6. The fourth-order valence-electron chi connectivity index (χ4n) is 3.91. The number of aromatic nitrogens is 3. The lowest BCUT2D eigenvalue weighted by Crippen LogP contribution is -2.47.